The third kappa shape index (κ3) is 6.82. The lowest BCUT2D eigenvalue weighted by Gasteiger charge is -2.30. The topological polar surface area (TPSA) is 114 Å². The van der Waals surface area contributed by atoms with Crippen molar-refractivity contribution in [3.63, 3.8) is 0 Å². The first-order valence-electron chi connectivity index (χ1n) is 14.7. The summed E-state index contributed by atoms with van der Waals surface area (Å²) in [6, 6.07) is 24.7. The quantitative estimate of drug-likeness (QED) is 0.280. The van der Waals surface area contributed by atoms with Crippen molar-refractivity contribution in [2.45, 2.75) is 57.3 Å². The van der Waals surface area contributed by atoms with Crippen molar-refractivity contribution in [1.82, 2.24) is 10.6 Å². The molecule has 8 heteroatoms. The Morgan fingerprint density at radius 3 is 2.17 bits per heavy atom. The van der Waals surface area contributed by atoms with Crippen molar-refractivity contribution >= 4 is 18.0 Å². The number of fused-ring (bicyclic) bond motifs is 3. The number of hydrogen-bond donors (Lipinski definition) is 3. The molecule has 1 saturated carbocycles. The fourth-order valence-electron chi connectivity index (χ4n) is 6.18. The summed E-state index contributed by atoms with van der Waals surface area (Å²) in [6.45, 7) is 2.35. The number of carbonyl (C=O) groups excluding carboxylic acids is 2. The number of carboxylic acids is 1. The highest BCUT2D eigenvalue weighted by atomic mass is 16.5. The van der Waals surface area contributed by atoms with Crippen LogP contribution in [0.15, 0.2) is 78.9 Å². The monoisotopic (exact) mass is 570 g/mol. The summed E-state index contributed by atoms with van der Waals surface area (Å²) in [5.41, 5.74) is 5.40. The van der Waals surface area contributed by atoms with Crippen molar-refractivity contribution < 1.29 is 29.0 Å². The molecule has 5 rings (SSSR count). The Morgan fingerprint density at radius 1 is 0.881 bits per heavy atom. The van der Waals surface area contributed by atoms with Gasteiger partial charge in [-0.25, -0.2) is 4.79 Å². The van der Waals surface area contributed by atoms with Gasteiger partial charge >= 0.3 is 12.1 Å². The van der Waals surface area contributed by atoms with Crippen molar-refractivity contribution in [3.8, 4) is 11.1 Å². The van der Waals surface area contributed by atoms with Crippen molar-refractivity contribution in [2.24, 2.45) is 11.8 Å². The second kappa shape index (κ2) is 13.7. The fraction of sp³-hybridized carbons (Fsp3) is 0.382. The first kappa shape index (κ1) is 29.3. The first-order chi connectivity index (χ1) is 20.4. The summed E-state index contributed by atoms with van der Waals surface area (Å²) in [7, 11) is 0. The van der Waals surface area contributed by atoms with E-state index >= 15 is 0 Å². The zero-order valence-electron chi connectivity index (χ0n) is 23.8. The number of alkyl carbamates (subject to hydrolysis) is 1. The number of benzene rings is 3. The molecule has 8 nitrogen and oxygen atoms in total. The van der Waals surface area contributed by atoms with E-state index in [1.54, 1.807) is 6.92 Å². The Bertz CT molecular complexity index is 1350. The Labute approximate surface area is 246 Å². The van der Waals surface area contributed by atoms with Crippen LogP contribution in [-0.2, 0) is 25.7 Å². The smallest absolute Gasteiger partial charge is 0.407 e. The third-order valence-corrected chi connectivity index (χ3v) is 8.49. The van der Waals surface area contributed by atoms with Crippen LogP contribution >= 0.6 is 0 Å². The van der Waals surface area contributed by atoms with E-state index in [1.807, 2.05) is 66.7 Å². The molecule has 1 fully saturated rings. The summed E-state index contributed by atoms with van der Waals surface area (Å²) in [5, 5.41) is 15.3. The minimum atomic E-state index is -1.03. The third-order valence-electron chi connectivity index (χ3n) is 8.49. The van der Waals surface area contributed by atoms with Gasteiger partial charge < -0.3 is 25.2 Å². The predicted molar refractivity (Wildman–Crippen MR) is 159 cm³/mol. The highest BCUT2D eigenvalue weighted by Gasteiger charge is 2.34. The maximum absolute atomic E-state index is 13.4. The molecule has 3 aromatic carbocycles. The Morgan fingerprint density at radius 2 is 1.50 bits per heavy atom. The summed E-state index contributed by atoms with van der Waals surface area (Å²) in [6.07, 6.45) is 1.76. The van der Waals surface area contributed by atoms with Crippen molar-refractivity contribution in [1.29, 1.82) is 0 Å². The average Bonchev–Trinajstić information content (AvgIpc) is 3.34. The molecule has 4 atom stereocenters. The van der Waals surface area contributed by atoms with Crippen molar-refractivity contribution in [2.75, 3.05) is 13.2 Å². The minimum Gasteiger partial charge on any atom is -0.481 e. The molecule has 220 valence electrons. The van der Waals surface area contributed by atoms with Gasteiger partial charge in [-0.15, -0.1) is 0 Å². The molecule has 2 aliphatic carbocycles. The molecule has 3 N–H and O–H groups in total. The van der Waals surface area contributed by atoms with Crippen molar-refractivity contribution in [3.05, 3.63) is 95.6 Å². The number of ether oxygens (including phenoxy) is 2. The van der Waals surface area contributed by atoms with E-state index in [-0.39, 0.29) is 31.6 Å². The number of amides is 2. The molecule has 0 aromatic heterocycles. The predicted octanol–water partition coefficient (Wildman–Crippen LogP) is 5.51. The normalized spacial score (nSPS) is 19.2. The number of nitrogens with one attached hydrogen (secondary N) is 2. The van der Waals surface area contributed by atoms with E-state index in [1.165, 1.54) is 0 Å². The highest BCUT2D eigenvalue weighted by Crippen LogP contribution is 2.44. The maximum atomic E-state index is 13.4. The van der Waals surface area contributed by atoms with Crippen LogP contribution < -0.4 is 10.6 Å². The molecular weight excluding hydrogens is 532 g/mol. The lowest BCUT2D eigenvalue weighted by Crippen LogP contribution is -2.54. The lowest BCUT2D eigenvalue weighted by molar-refractivity contribution is -0.145. The van der Waals surface area contributed by atoms with E-state index in [4.69, 9.17) is 9.47 Å². The zero-order valence-corrected chi connectivity index (χ0v) is 23.8. The lowest BCUT2D eigenvalue weighted by atomic mass is 9.79. The highest BCUT2D eigenvalue weighted by molar-refractivity contribution is 5.86. The van der Waals surface area contributed by atoms with Gasteiger partial charge in [-0.2, -0.15) is 0 Å². The molecule has 0 radical (unpaired) electrons. The number of carboxylic acid groups (broad SMARTS) is 1. The summed E-state index contributed by atoms with van der Waals surface area (Å²) >= 11 is 0. The zero-order chi connectivity index (χ0) is 29.5. The number of hydrogen-bond acceptors (Lipinski definition) is 5. The van der Waals surface area contributed by atoms with Gasteiger partial charge in [-0.1, -0.05) is 91.7 Å². The van der Waals surface area contributed by atoms with Crippen LogP contribution in [0.3, 0.4) is 0 Å². The molecule has 0 bridgehead atoms. The van der Waals surface area contributed by atoms with Gasteiger partial charge in [0.15, 0.2) is 0 Å². The largest absolute Gasteiger partial charge is 0.481 e. The molecule has 2 unspecified atom stereocenters. The second-order valence-electron chi connectivity index (χ2n) is 11.2. The fourth-order valence-corrected chi connectivity index (χ4v) is 6.18. The van der Waals surface area contributed by atoms with Crippen LogP contribution in [0.2, 0.25) is 0 Å². The Kier molecular flexibility index (Phi) is 9.54. The Hall–Kier alpha value is -4.17. The van der Waals surface area contributed by atoms with Crippen LogP contribution in [-0.4, -0.2) is 48.4 Å². The van der Waals surface area contributed by atoms with Crippen LogP contribution in [0, 0.1) is 11.8 Å². The van der Waals surface area contributed by atoms with Gasteiger partial charge in [-0.3, -0.25) is 9.59 Å². The van der Waals surface area contributed by atoms with Crippen LogP contribution in [0.1, 0.15) is 55.2 Å². The van der Waals surface area contributed by atoms with Gasteiger partial charge in [-0.05, 0) is 53.5 Å². The van der Waals surface area contributed by atoms with E-state index in [9.17, 15) is 19.5 Å². The first-order valence-corrected chi connectivity index (χ1v) is 14.7. The molecule has 2 aliphatic rings. The van der Waals surface area contributed by atoms with Gasteiger partial charge in [0, 0.05) is 12.5 Å². The van der Waals surface area contributed by atoms with E-state index < -0.39 is 36.0 Å². The van der Waals surface area contributed by atoms with Gasteiger partial charge in [0.1, 0.15) is 12.6 Å². The molecule has 0 heterocycles. The average molecular weight is 571 g/mol. The van der Waals surface area contributed by atoms with Gasteiger partial charge in [0.25, 0.3) is 0 Å². The van der Waals surface area contributed by atoms with Gasteiger partial charge in [0.05, 0.1) is 18.6 Å². The summed E-state index contributed by atoms with van der Waals surface area (Å²) < 4.78 is 11.7. The minimum absolute atomic E-state index is 0.110. The van der Waals surface area contributed by atoms with E-state index in [0.29, 0.717) is 6.42 Å². The molecule has 0 spiro atoms. The maximum Gasteiger partial charge on any atom is 0.407 e. The molecule has 0 aliphatic heterocycles. The van der Waals surface area contributed by atoms with Crippen LogP contribution in [0.5, 0.6) is 0 Å². The molecule has 0 saturated heterocycles. The number of rotatable bonds is 11. The molecule has 42 heavy (non-hydrogen) atoms. The van der Waals surface area contributed by atoms with Crippen LogP contribution in [0.4, 0.5) is 4.79 Å². The van der Waals surface area contributed by atoms with E-state index in [2.05, 4.69) is 22.8 Å². The van der Waals surface area contributed by atoms with Gasteiger partial charge in [0.2, 0.25) is 5.91 Å². The summed E-state index contributed by atoms with van der Waals surface area (Å²) in [4.78, 5) is 38.3. The number of aliphatic carboxylic acids is 1. The second-order valence-corrected chi connectivity index (χ2v) is 11.2. The number of carbonyl (C=O) groups is 3. The van der Waals surface area contributed by atoms with Crippen LogP contribution in [0.25, 0.3) is 11.1 Å². The SMILES string of the molecule is CC(OCc1ccccc1)C(NC(=O)OCC1c2ccccc2-c2ccccc21)C(=O)NC[C@H]1CCCC[C@H]1C(=O)O. The molecule has 3 aromatic rings. The Balaban J connectivity index is 1.25. The summed E-state index contributed by atoms with van der Waals surface area (Å²) in [5.74, 6) is -2.02. The molecular formula is C34H38N2O6. The molecule has 2 amide bonds. The van der Waals surface area contributed by atoms with E-state index in [0.717, 1.165) is 47.1 Å². The standard InChI is InChI=1S/C34H38N2O6/c1-22(41-20-23-11-3-2-4-12-23)31(32(37)35-19-24-13-5-6-14-25(24)33(38)39)36-34(40)42-21-30-28-17-9-7-15-26(28)27-16-8-10-18-29(27)30/h2-4,7-12,15-18,22,24-25,30-31H,5-6,13-14,19-21H2,1H3,(H,35,37)(H,36,40)(H,38,39)/t22?,24-,25-,31?/m1/s1.